The first-order valence-electron chi connectivity index (χ1n) is 9.62. The summed E-state index contributed by atoms with van der Waals surface area (Å²) in [6, 6.07) is 11.2. The van der Waals surface area contributed by atoms with Crippen LogP contribution in [0.2, 0.25) is 0 Å². The van der Waals surface area contributed by atoms with Crippen molar-refractivity contribution in [2.24, 2.45) is 0 Å². The molecule has 0 fully saturated rings. The topological polar surface area (TPSA) is 107 Å². The highest BCUT2D eigenvalue weighted by molar-refractivity contribution is 5.91. The summed E-state index contributed by atoms with van der Waals surface area (Å²) in [5, 5.41) is 10.9. The van der Waals surface area contributed by atoms with E-state index in [1.54, 1.807) is 12.4 Å². The summed E-state index contributed by atoms with van der Waals surface area (Å²) in [7, 11) is 0. The number of hydrogen-bond acceptors (Lipinski definition) is 7. The number of aryl methyl sites for hydroxylation is 2. The fourth-order valence-corrected chi connectivity index (χ4v) is 3.21. The molecule has 0 aliphatic carbocycles. The first-order valence-corrected chi connectivity index (χ1v) is 9.62. The lowest BCUT2D eigenvalue weighted by Crippen LogP contribution is -2.14. The van der Waals surface area contributed by atoms with E-state index in [0.29, 0.717) is 31.0 Å². The van der Waals surface area contributed by atoms with E-state index in [4.69, 9.17) is 9.05 Å². The zero-order valence-corrected chi connectivity index (χ0v) is 16.8. The first kappa shape index (κ1) is 19.5. The van der Waals surface area contributed by atoms with E-state index in [9.17, 15) is 4.79 Å². The molecular weight excluding hydrogens is 382 g/mol. The van der Waals surface area contributed by atoms with E-state index in [2.05, 4.69) is 25.6 Å². The van der Waals surface area contributed by atoms with Gasteiger partial charge in [-0.2, -0.15) is 4.98 Å². The predicted molar refractivity (Wildman–Crippen MR) is 110 cm³/mol. The van der Waals surface area contributed by atoms with Crippen molar-refractivity contribution in [3.8, 4) is 11.4 Å². The number of nitrogens with one attached hydrogen (secondary N) is 1. The smallest absolute Gasteiger partial charge is 0.231 e. The second-order valence-corrected chi connectivity index (χ2v) is 6.93. The summed E-state index contributed by atoms with van der Waals surface area (Å²) < 4.78 is 10.6. The van der Waals surface area contributed by atoms with Crippen LogP contribution in [-0.4, -0.2) is 26.2 Å². The van der Waals surface area contributed by atoms with Gasteiger partial charge in [-0.3, -0.25) is 9.78 Å². The lowest BCUT2D eigenvalue weighted by Gasteiger charge is -2.09. The molecule has 4 rings (SSSR count). The van der Waals surface area contributed by atoms with Crippen molar-refractivity contribution < 1.29 is 13.8 Å². The molecule has 1 aromatic carbocycles. The van der Waals surface area contributed by atoms with E-state index in [1.807, 2.05) is 50.2 Å². The van der Waals surface area contributed by atoms with Crippen molar-refractivity contribution >= 4 is 11.6 Å². The largest absolute Gasteiger partial charge is 0.361 e. The van der Waals surface area contributed by atoms with Crippen LogP contribution in [0.5, 0.6) is 0 Å². The van der Waals surface area contributed by atoms with E-state index in [1.165, 1.54) is 0 Å². The van der Waals surface area contributed by atoms with Crippen LogP contribution in [0.1, 0.15) is 34.9 Å². The minimum atomic E-state index is -0.0783. The molecule has 0 spiro atoms. The molecule has 0 unspecified atom stereocenters. The van der Waals surface area contributed by atoms with E-state index < -0.39 is 0 Å². The summed E-state index contributed by atoms with van der Waals surface area (Å²) in [4.78, 5) is 20.9. The fourth-order valence-electron chi connectivity index (χ4n) is 3.21. The van der Waals surface area contributed by atoms with Gasteiger partial charge in [-0.05, 0) is 44.0 Å². The van der Waals surface area contributed by atoms with Gasteiger partial charge in [-0.1, -0.05) is 28.5 Å². The minimum Gasteiger partial charge on any atom is -0.361 e. The molecular formula is C22H21N5O3. The van der Waals surface area contributed by atoms with Gasteiger partial charge in [0.1, 0.15) is 5.76 Å². The molecule has 3 heterocycles. The zero-order valence-electron chi connectivity index (χ0n) is 16.8. The summed E-state index contributed by atoms with van der Waals surface area (Å²) >= 11 is 0. The number of carbonyl (C=O) groups excluding carboxylic acids is 1. The molecule has 8 heteroatoms. The van der Waals surface area contributed by atoms with Crippen LogP contribution in [0.3, 0.4) is 0 Å². The van der Waals surface area contributed by atoms with Crippen molar-refractivity contribution in [3.63, 3.8) is 0 Å². The summed E-state index contributed by atoms with van der Waals surface area (Å²) in [6.45, 7) is 3.73. The second kappa shape index (κ2) is 8.69. The van der Waals surface area contributed by atoms with Gasteiger partial charge in [-0.25, -0.2) is 0 Å². The van der Waals surface area contributed by atoms with Gasteiger partial charge in [0.25, 0.3) is 0 Å². The number of nitrogens with zero attached hydrogens (tertiary/aromatic N) is 4. The number of anilines is 1. The number of aromatic nitrogens is 4. The quantitative estimate of drug-likeness (QED) is 0.499. The molecule has 152 valence electrons. The highest BCUT2D eigenvalue weighted by atomic mass is 16.5. The van der Waals surface area contributed by atoms with Gasteiger partial charge in [0.2, 0.25) is 17.6 Å². The first-order chi connectivity index (χ1) is 14.6. The minimum absolute atomic E-state index is 0.0783. The maximum Gasteiger partial charge on any atom is 0.231 e. The van der Waals surface area contributed by atoms with E-state index in [0.717, 1.165) is 33.8 Å². The SMILES string of the molecule is Cc1noc(C)c1CCC(=O)Nc1ccccc1Cc1nc(-c2ccncc2)no1. The maximum atomic E-state index is 12.5. The highest BCUT2D eigenvalue weighted by Crippen LogP contribution is 2.21. The second-order valence-electron chi connectivity index (χ2n) is 6.93. The van der Waals surface area contributed by atoms with Crippen LogP contribution in [0, 0.1) is 13.8 Å². The van der Waals surface area contributed by atoms with Crippen LogP contribution in [0.15, 0.2) is 57.8 Å². The lowest BCUT2D eigenvalue weighted by atomic mass is 10.1. The predicted octanol–water partition coefficient (Wildman–Crippen LogP) is 3.90. The molecule has 0 aliphatic heterocycles. The van der Waals surface area contributed by atoms with E-state index >= 15 is 0 Å². The molecule has 1 N–H and O–H groups in total. The van der Waals surface area contributed by atoms with Crippen LogP contribution < -0.4 is 5.32 Å². The van der Waals surface area contributed by atoms with Crippen molar-refractivity contribution in [1.29, 1.82) is 0 Å². The Kier molecular flexibility index (Phi) is 5.65. The average Bonchev–Trinajstić information content (AvgIpc) is 3.35. The average molecular weight is 403 g/mol. The Morgan fingerprint density at radius 1 is 1.03 bits per heavy atom. The van der Waals surface area contributed by atoms with Gasteiger partial charge >= 0.3 is 0 Å². The number of hydrogen-bond donors (Lipinski definition) is 1. The van der Waals surface area contributed by atoms with Crippen LogP contribution in [0.4, 0.5) is 5.69 Å². The molecule has 1 amide bonds. The zero-order chi connectivity index (χ0) is 20.9. The molecule has 0 atom stereocenters. The molecule has 4 aromatic rings. The molecule has 30 heavy (non-hydrogen) atoms. The van der Waals surface area contributed by atoms with Gasteiger partial charge in [0.15, 0.2) is 0 Å². The van der Waals surface area contributed by atoms with Crippen LogP contribution in [-0.2, 0) is 17.6 Å². The fraction of sp³-hybridized carbons (Fsp3) is 0.227. The van der Waals surface area contributed by atoms with Gasteiger partial charge in [-0.15, -0.1) is 0 Å². The lowest BCUT2D eigenvalue weighted by molar-refractivity contribution is -0.116. The standard InChI is InChI=1S/C22H21N5O3/c1-14-18(15(2)29-26-14)7-8-20(28)24-19-6-4-3-5-17(19)13-21-25-22(27-30-21)16-9-11-23-12-10-16/h3-6,9-12H,7-8,13H2,1-2H3,(H,24,28). The molecule has 3 aromatic heterocycles. The Morgan fingerprint density at radius 2 is 1.83 bits per heavy atom. The third-order valence-electron chi connectivity index (χ3n) is 4.82. The number of pyridine rings is 1. The van der Waals surface area contributed by atoms with Gasteiger partial charge in [0.05, 0.1) is 12.1 Å². The third kappa shape index (κ3) is 4.43. The summed E-state index contributed by atoms with van der Waals surface area (Å²) in [6.07, 6.45) is 4.69. The van der Waals surface area contributed by atoms with Crippen molar-refractivity contribution in [2.45, 2.75) is 33.1 Å². The molecule has 0 aliphatic rings. The Balaban J connectivity index is 1.43. The van der Waals surface area contributed by atoms with E-state index in [-0.39, 0.29) is 5.91 Å². The van der Waals surface area contributed by atoms with Crippen molar-refractivity contribution in [1.82, 2.24) is 20.3 Å². The normalized spacial score (nSPS) is 10.9. The molecule has 0 radical (unpaired) electrons. The maximum absolute atomic E-state index is 12.5. The molecule has 0 saturated heterocycles. The summed E-state index contributed by atoms with van der Waals surface area (Å²) in [5.41, 5.74) is 4.26. The number of para-hydroxylation sites is 1. The van der Waals surface area contributed by atoms with Gasteiger partial charge in [0, 0.05) is 35.6 Å². The van der Waals surface area contributed by atoms with Crippen molar-refractivity contribution in [3.05, 3.63) is 77.3 Å². The van der Waals surface area contributed by atoms with Gasteiger partial charge < -0.3 is 14.4 Å². The van der Waals surface area contributed by atoms with Crippen molar-refractivity contribution in [2.75, 3.05) is 5.32 Å². The Bertz CT molecular complexity index is 1130. The number of benzene rings is 1. The number of carbonyl (C=O) groups is 1. The van der Waals surface area contributed by atoms with Crippen LogP contribution in [0.25, 0.3) is 11.4 Å². The third-order valence-corrected chi connectivity index (χ3v) is 4.82. The number of amides is 1. The monoisotopic (exact) mass is 403 g/mol. The Morgan fingerprint density at radius 3 is 2.60 bits per heavy atom. The molecule has 8 nitrogen and oxygen atoms in total. The molecule has 0 saturated carbocycles. The summed E-state index contributed by atoms with van der Waals surface area (Å²) in [5.74, 6) is 1.65. The van der Waals surface area contributed by atoms with Crippen LogP contribution >= 0.6 is 0 Å². The number of rotatable bonds is 7. The highest BCUT2D eigenvalue weighted by Gasteiger charge is 2.14. The Hall–Kier alpha value is -3.81. The Labute approximate surface area is 173 Å². The molecule has 0 bridgehead atoms.